The van der Waals surface area contributed by atoms with E-state index in [2.05, 4.69) is 11.8 Å². The molecule has 24 heavy (non-hydrogen) atoms. The van der Waals surface area contributed by atoms with Gasteiger partial charge in [0.15, 0.2) is 0 Å². The third-order valence-electron chi connectivity index (χ3n) is 5.09. The minimum Gasteiger partial charge on any atom is -0.387 e. The first-order chi connectivity index (χ1) is 11.6. The standard InChI is InChI=1S/C19H30N2O3/c1-2-3-4-5-6-16-11-13-20(14-12-16)15-19(22)17-7-9-18(10-8-17)21(23)24/h7-10,16,19,22H,2-6,11-15H2,1H3/t19-/m1/s1. The number of benzene rings is 1. The highest BCUT2D eigenvalue weighted by molar-refractivity contribution is 5.33. The molecule has 0 spiro atoms. The molecule has 1 atom stereocenters. The molecule has 0 bridgehead atoms. The maximum Gasteiger partial charge on any atom is 0.269 e. The van der Waals surface area contributed by atoms with Gasteiger partial charge in [-0.05, 0) is 49.5 Å². The minimum absolute atomic E-state index is 0.0647. The quantitative estimate of drug-likeness (QED) is 0.415. The van der Waals surface area contributed by atoms with Crippen molar-refractivity contribution >= 4 is 5.69 Å². The van der Waals surface area contributed by atoms with Gasteiger partial charge < -0.3 is 10.0 Å². The molecule has 0 aromatic heterocycles. The van der Waals surface area contributed by atoms with E-state index in [1.54, 1.807) is 12.1 Å². The number of likely N-dealkylation sites (tertiary alicyclic amines) is 1. The molecule has 1 saturated heterocycles. The fraction of sp³-hybridized carbons (Fsp3) is 0.684. The van der Waals surface area contributed by atoms with Crippen LogP contribution >= 0.6 is 0 Å². The van der Waals surface area contributed by atoms with Gasteiger partial charge in [0.05, 0.1) is 11.0 Å². The van der Waals surface area contributed by atoms with Crippen LogP contribution in [0.15, 0.2) is 24.3 Å². The summed E-state index contributed by atoms with van der Waals surface area (Å²) in [6.45, 7) is 4.94. The summed E-state index contributed by atoms with van der Waals surface area (Å²) in [6, 6.07) is 6.23. The number of unbranched alkanes of at least 4 members (excludes halogenated alkanes) is 3. The molecule has 5 heteroatoms. The summed E-state index contributed by atoms with van der Waals surface area (Å²) in [5.41, 5.74) is 0.817. The second-order valence-corrected chi connectivity index (χ2v) is 6.96. The van der Waals surface area contributed by atoms with Crippen LogP contribution < -0.4 is 0 Å². The van der Waals surface area contributed by atoms with Gasteiger partial charge >= 0.3 is 0 Å². The summed E-state index contributed by atoms with van der Waals surface area (Å²) in [6.07, 6.45) is 8.56. The highest BCUT2D eigenvalue weighted by atomic mass is 16.6. The fourth-order valence-electron chi connectivity index (χ4n) is 3.49. The molecule has 5 nitrogen and oxygen atoms in total. The average Bonchev–Trinajstić information content (AvgIpc) is 2.60. The zero-order chi connectivity index (χ0) is 17.4. The van der Waals surface area contributed by atoms with E-state index in [9.17, 15) is 15.2 Å². The van der Waals surface area contributed by atoms with Gasteiger partial charge in [0, 0.05) is 18.7 Å². The number of nitro groups is 1. The lowest BCUT2D eigenvalue weighted by Gasteiger charge is -2.33. The molecule has 0 amide bonds. The fourth-order valence-corrected chi connectivity index (χ4v) is 3.49. The Morgan fingerprint density at radius 2 is 1.88 bits per heavy atom. The van der Waals surface area contributed by atoms with E-state index in [1.165, 1.54) is 57.1 Å². The van der Waals surface area contributed by atoms with Crippen molar-refractivity contribution in [1.29, 1.82) is 0 Å². The molecule has 1 aromatic rings. The number of aliphatic hydroxyl groups excluding tert-OH is 1. The molecule has 0 aliphatic carbocycles. The topological polar surface area (TPSA) is 66.6 Å². The predicted molar refractivity (Wildman–Crippen MR) is 96.0 cm³/mol. The number of hydrogen-bond donors (Lipinski definition) is 1. The lowest BCUT2D eigenvalue weighted by molar-refractivity contribution is -0.384. The van der Waals surface area contributed by atoms with Crippen LogP contribution in [0.3, 0.4) is 0 Å². The first-order valence-corrected chi connectivity index (χ1v) is 9.25. The molecule has 1 heterocycles. The van der Waals surface area contributed by atoms with E-state index < -0.39 is 11.0 Å². The van der Waals surface area contributed by atoms with Crippen molar-refractivity contribution in [3.05, 3.63) is 39.9 Å². The van der Waals surface area contributed by atoms with E-state index >= 15 is 0 Å². The van der Waals surface area contributed by atoms with Crippen LogP contribution in [0.5, 0.6) is 0 Å². The summed E-state index contributed by atoms with van der Waals surface area (Å²) < 4.78 is 0. The summed E-state index contributed by atoms with van der Waals surface area (Å²) in [5, 5.41) is 21.0. The molecule has 0 radical (unpaired) electrons. The normalized spacial score (nSPS) is 17.8. The second-order valence-electron chi connectivity index (χ2n) is 6.96. The number of aliphatic hydroxyl groups is 1. The Morgan fingerprint density at radius 1 is 1.21 bits per heavy atom. The van der Waals surface area contributed by atoms with Crippen molar-refractivity contribution in [2.24, 2.45) is 5.92 Å². The largest absolute Gasteiger partial charge is 0.387 e. The Labute approximate surface area is 144 Å². The van der Waals surface area contributed by atoms with E-state index in [1.807, 2.05) is 0 Å². The van der Waals surface area contributed by atoms with Crippen LogP contribution in [0.4, 0.5) is 5.69 Å². The van der Waals surface area contributed by atoms with Crippen molar-refractivity contribution in [3.63, 3.8) is 0 Å². The molecule has 2 rings (SSSR count). The van der Waals surface area contributed by atoms with Crippen molar-refractivity contribution in [2.75, 3.05) is 19.6 Å². The molecule has 134 valence electrons. The van der Waals surface area contributed by atoms with Gasteiger partial charge in [-0.15, -0.1) is 0 Å². The number of non-ortho nitro benzene ring substituents is 1. The Morgan fingerprint density at radius 3 is 2.46 bits per heavy atom. The van der Waals surface area contributed by atoms with E-state index in [-0.39, 0.29) is 5.69 Å². The van der Waals surface area contributed by atoms with Crippen LogP contribution in [-0.2, 0) is 0 Å². The molecule has 1 aromatic carbocycles. The number of hydrogen-bond acceptors (Lipinski definition) is 4. The van der Waals surface area contributed by atoms with Crippen LogP contribution in [0.25, 0.3) is 0 Å². The summed E-state index contributed by atoms with van der Waals surface area (Å²) in [4.78, 5) is 12.6. The molecule has 1 aliphatic heterocycles. The van der Waals surface area contributed by atoms with Gasteiger partial charge in [0.25, 0.3) is 5.69 Å². The average molecular weight is 334 g/mol. The molecule has 1 N–H and O–H groups in total. The molecule has 1 aliphatic rings. The summed E-state index contributed by atoms with van der Waals surface area (Å²) in [5.74, 6) is 0.842. The van der Waals surface area contributed by atoms with Crippen LogP contribution in [0.1, 0.15) is 63.5 Å². The molecule has 0 unspecified atom stereocenters. The first kappa shape index (κ1) is 18.9. The van der Waals surface area contributed by atoms with E-state index in [0.29, 0.717) is 6.54 Å². The third kappa shape index (κ3) is 5.87. The van der Waals surface area contributed by atoms with Crippen LogP contribution in [0.2, 0.25) is 0 Å². The predicted octanol–water partition coefficient (Wildman–Crippen LogP) is 4.31. The van der Waals surface area contributed by atoms with Crippen LogP contribution in [0, 0.1) is 16.0 Å². The number of nitrogens with zero attached hydrogens (tertiary/aromatic N) is 2. The van der Waals surface area contributed by atoms with Gasteiger partial charge in [-0.1, -0.05) is 39.0 Å². The number of nitro benzene ring substituents is 1. The maximum atomic E-state index is 10.7. The maximum absolute atomic E-state index is 10.7. The number of β-amino-alcohol motifs (C(OH)–C–C–N with tert-alkyl or cyclic N) is 1. The minimum atomic E-state index is -0.577. The smallest absolute Gasteiger partial charge is 0.269 e. The van der Waals surface area contributed by atoms with Crippen molar-refractivity contribution < 1.29 is 10.0 Å². The van der Waals surface area contributed by atoms with Gasteiger partial charge in [-0.2, -0.15) is 0 Å². The highest BCUT2D eigenvalue weighted by Gasteiger charge is 2.21. The third-order valence-corrected chi connectivity index (χ3v) is 5.09. The lowest BCUT2D eigenvalue weighted by atomic mass is 9.91. The van der Waals surface area contributed by atoms with Gasteiger partial charge in [0.1, 0.15) is 0 Å². The monoisotopic (exact) mass is 334 g/mol. The lowest BCUT2D eigenvalue weighted by Crippen LogP contribution is -2.36. The SMILES string of the molecule is CCCCCCC1CCN(C[C@@H](O)c2ccc([N+](=O)[O-])cc2)CC1. The van der Waals surface area contributed by atoms with Gasteiger partial charge in [-0.3, -0.25) is 10.1 Å². The van der Waals surface area contributed by atoms with E-state index in [0.717, 1.165) is 24.6 Å². The number of rotatable bonds is 9. The number of piperidine rings is 1. The Balaban J connectivity index is 1.71. The van der Waals surface area contributed by atoms with Crippen molar-refractivity contribution in [1.82, 2.24) is 4.90 Å². The summed E-state index contributed by atoms with van der Waals surface area (Å²) in [7, 11) is 0. The highest BCUT2D eigenvalue weighted by Crippen LogP contribution is 2.25. The molecule has 0 saturated carbocycles. The Kier molecular flexibility index (Phi) is 7.66. The zero-order valence-electron chi connectivity index (χ0n) is 14.7. The Bertz CT molecular complexity index is 496. The second kappa shape index (κ2) is 9.74. The summed E-state index contributed by atoms with van der Waals surface area (Å²) >= 11 is 0. The van der Waals surface area contributed by atoms with Gasteiger partial charge in [0.2, 0.25) is 0 Å². The van der Waals surface area contributed by atoms with Crippen LogP contribution in [-0.4, -0.2) is 34.6 Å². The first-order valence-electron chi connectivity index (χ1n) is 9.25. The van der Waals surface area contributed by atoms with Gasteiger partial charge in [-0.25, -0.2) is 0 Å². The van der Waals surface area contributed by atoms with Crippen molar-refractivity contribution in [3.8, 4) is 0 Å². The Hall–Kier alpha value is -1.46. The van der Waals surface area contributed by atoms with E-state index in [4.69, 9.17) is 0 Å². The molecular weight excluding hydrogens is 304 g/mol. The molecule has 1 fully saturated rings. The van der Waals surface area contributed by atoms with Crippen molar-refractivity contribution in [2.45, 2.75) is 58.0 Å². The zero-order valence-corrected chi connectivity index (χ0v) is 14.7. The molecular formula is C19H30N2O3.